The standard InChI is InChI=1S/C15H13BrClNO/c1-9-2-3-10(14(17)4-9)7-15(19)11-5-12(16)8-13(18)6-11/h2-6,8H,7,18H2,1H3. The number of carbonyl (C=O) groups is 1. The third kappa shape index (κ3) is 3.58. The average molecular weight is 339 g/mol. The van der Waals surface area contributed by atoms with Gasteiger partial charge in [-0.25, -0.2) is 0 Å². The summed E-state index contributed by atoms with van der Waals surface area (Å²) in [5.74, 6) is -0.00115. The second kappa shape index (κ2) is 5.76. The Bertz CT molecular complexity index is 620. The van der Waals surface area contributed by atoms with E-state index in [1.165, 1.54) is 0 Å². The van der Waals surface area contributed by atoms with Crippen molar-refractivity contribution in [1.29, 1.82) is 0 Å². The van der Waals surface area contributed by atoms with Crippen LogP contribution in [0.25, 0.3) is 0 Å². The first-order chi connectivity index (χ1) is 8.95. The first-order valence-corrected chi connectivity index (χ1v) is 6.97. The molecule has 0 amide bonds. The Kier molecular flexibility index (Phi) is 4.27. The molecule has 0 aliphatic rings. The Hall–Kier alpha value is -1.32. The molecule has 0 spiro atoms. The van der Waals surface area contributed by atoms with Gasteiger partial charge in [0.15, 0.2) is 5.78 Å². The fourth-order valence-corrected chi connectivity index (χ4v) is 2.66. The summed E-state index contributed by atoms with van der Waals surface area (Å²) in [5.41, 5.74) is 8.79. The maximum absolute atomic E-state index is 12.2. The summed E-state index contributed by atoms with van der Waals surface area (Å²) < 4.78 is 0.797. The number of halogens is 2. The van der Waals surface area contributed by atoms with Crippen LogP contribution in [0.1, 0.15) is 21.5 Å². The van der Waals surface area contributed by atoms with Crippen LogP contribution in [0.5, 0.6) is 0 Å². The van der Waals surface area contributed by atoms with Crippen molar-refractivity contribution in [2.24, 2.45) is 0 Å². The van der Waals surface area contributed by atoms with E-state index in [4.69, 9.17) is 17.3 Å². The van der Waals surface area contributed by atoms with Gasteiger partial charge in [-0.2, -0.15) is 0 Å². The number of rotatable bonds is 3. The molecule has 2 nitrogen and oxygen atoms in total. The van der Waals surface area contributed by atoms with E-state index in [1.54, 1.807) is 18.2 Å². The molecule has 0 heterocycles. The summed E-state index contributed by atoms with van der Waals surface area (Å²) in [6.07, 6.45) is 0.273. The van der Waals surface area contributed by atoms with Crippen molar-refractivity contribution in [2.45, 2.75) is 13.3 Å². The highest BCUT2D eigenvalue weighted by Gasteiger charge is 2.11. The van der Waals surface area contributed by atoms with Gasteiger partial charge < -0.3 is 5.73 Å². The van der Waals surface area contributed by atoms with Gasteiger partial charge in [-0.3, -0.25) is 4.79 Å². The molecule has 19 heavy (non-hydrogen) atoms. The van der Waals surface area contributed by atoms with Crippen LogP contribution < -0.4 is 5.73 Å². The van der Waals surface area contributed by atoms with Gasteiger partial charge >= 0.3 is 0 Å². The van der Waals surface area contributed by atoms with Gasteiger partial charge in [-0.15, -0.1) is 0 Å². The first kappa shape index (κ1) is 14.1. The highest BCUT2D eigenvalue weighted by molar-refractivity contribution is 9.10. The summed E-state index contributed by atoms with van der Waals surface area (Å²) in [6.45, 7) is 1.96. The first-order valence-electron chi connectivity index (χ1n) is 5.80. The number of aryl methyl sites for hydroxylation is 1. The highest BCUT2D eigenvalue weighted by Crippen LogP contribution is 2.22. The number of ketones is 1. The molecular weight excluding hydrogens is 326 g/mol. The lowest BCUT2D eigenvalue weighted by atomic mass is 10.0. The molecule has 2 rings (SSSR count). The molecule has 2 aromatic carbocycles. The second-order valence-electron chi connectivity index (χ2n) is 4.47. The number of Topliss-reactive ketones (excluding diaryl/α,β-unsaturated/α-hetero) is 1. The van der Waals surface area contributed by atoms with Gasteiger partial charge in [0, 0.05) is 27.2 Å². The zero-order chi connectivity index (χ0) is 14.0. The van der Waals surface area contributed by atoms with Crippen molar-refractivity contribution >= 4 is 39.0 Å². The molecule has 2 aromatic rings. The van der Waals surface area contributed by atoms with Crippen molar-refractivity contribution in [1.82, 2.24) is 0 Å². The quantitative estimate of drug-likeness (QED) is 0.665. The van der Waals surface area contributed by atoms with Gasteiger partial charge in [0.2, 0.25) is 0 Å². The number of anilines is 1. The largest absolute Gasteiger partial charge is 0.399 e. The summed E-state index contributed by atoms with van der Waals surface area (Å²) in [5, 5.41) is 0.622. The van der Waals surface area contributed by atoms with Crippen LogP contribution in [-0.4, -0.2) is 5.78 Å². The minimum atomic E-state index is -0.00115. The predicted molar refractivity (Wildman–Crippen MR) is 82.8 cm³/mol. The van der Waals surface area contributed by atoms with Crippen molar-refractivity contribution < 1.29 is 4.79 Å². The summed E-state index contributed by atoms with van der Waals surface area (Å²) in [6, 6.07) is 10.9. The van der Waals surface area contributed by atoms with Crippen LogP contribution in [0.3, 0.4) is 0 Å². The second-order valence-corrected chi connectivity index (χ2v) is 5.79. The number of nitrogens with two attached hydrogens (primary N) is 1. The van der Waals surface area contributed by atoms with Crippen LogP contribution in [-0.2, 0) is 6.42 Å². The van der Waals surface area contributed by atoms with E-state index in [-0.39, 0.29) is 12.2 Å². The van der Waals surface area contributed by atoms with E-state index >= 15 is 0 Å². The number of nitrogen functional groups attached to an aromatic ring is 1. The van der Waals surface area contributed by atoms with Crippen LogP contribution in [0.2, 0.25) is 5.02 Å². The van der Waals surface area contributed by atoms with Crippen molar-refractivity contribution in [2.75, 3.05) is 5.73 Å². The highest BCUT2D eigenvalue weighted by atomic mass is 79.9. The number of hydrogen-bond donors (Lipinski definition) is 1. The summed E-state index contributed by atoms with van der Waals surface area (Å²) in [7, 11) is 0. The minimum absolute atomic E-state index is 0.00115. The van der Waals surface area contributed by atoms with Gasteiger partial charge in [0.1, 0.15) is 0 Å². The normalized spacial score (nSPS) is 10.5. The predicted octanol–water partition coefficient (Wildman–Crippen LogP) is 4.42. The van der Waals surface area contributed by atoms with E-state index in [0.717, 1.165) is 15.6 Å². The molecule has 4 heteroatoms. The zero-order valence-electron chi connectivity index (χ0n) is 10.4. The van der Waals surface area contributed by atoms with Crippen LogP contribution in [0.4, 0.5) is 5.69 Å². The Labute approximate surface area is 125 Å². The lowest BCUT2D eigenvalue weighted by Gasteiger charge is -2.06. The summed E-state index contributed by atoms with van der Waals surface area (Å²) >= 11 is 9.47. The fourth-order valence-electron chi connectivity index (χ4n) is 1.84. The Morgan fingerprint density at radius 1 is 1.26 bits per heavy atom. The topological polar surface area (TPSA) is 43.1 Å². The molecule has 0 radical (unpaired) electrons. The smallest absolute Gasteiger partial charge is 0.167 e. The average Bonchev–Trinajstić information content (AvgIpc) is 2.31. The molecule has 0 aliphatic heterocycles. The molecule has 0 unspecified atom stereocenters. The molecule has 98 valence electrons. The van der Waals surface area contributed by atoms with Gasteiger partial charge in [0.05, 0.1) is 0 Å². The Morgan fingerprint density at radius 3 is 2.63 bits per heavy atom. The molecule has 0 atom stereocenters. The van der Waals surface area contributed by atoms with E-state index in [1.807, 2.05) is 25.1 Å². The molecular formula is C15H13BrClNO. The minimum Gasteiger partial charge on any atom is -0.399 e. The Morgan fingerprint density at radius 2 is 2.00 bits per heavy atom. The lowest BCUT2D eigenvalue weighted by molar-refractivity contribution is 0.0993. The molecule has 0 saturated carbocycles. The van der Waals surface area contributed by atoms with Gasteiger partial charge in [0.25, 0.3) is 0 Å². The Balaban J connectivity index is 2.25. The molecule has 2 N–H and O–H groups in total. The molecule has 0 bridgehead atoms. The van der Waals surface area contributed by atoms with Crippen molar-refractivity contribution in [3.63, 3.8) is 0 Å². The maximum Gasteiger partial charge on any atom is 0.167 e. The number of benzene rings is 2. The number of carbonyl (C=O) groups excluding carboxylic acids is 1. The van der Waals surface area contributed by atoms with E-state index in [0.29, 0.717) is 16.3 Å². The SMILES string of the molecule is Cc1ccc(CC(=O)c2cc(N)cc(Br)c2)c(Cl)c1. The van der Waals surface area contributed by atoms with Crippen molar-refractivity contribution in [3.05, 3.63) is 62.6 Å². The van der Waals surface area contributed by atoms with E-state index in [9.17, 15) is 4.79 Å². The van der Waals surface area contributed by atoms with Crippen molar-refractivity contribution in [3.8, 4) is 0 Å². The lowest BCUT2D eigenvalue weighted by Crippen LogP contribution is -2.05. The van der Waals surface area contributed by atoms with Crippen LogP contribution >= 0.6 is 27.5 Å². The van der Waals surface area contributed by atoms with Crippen LogP contribution in [0, 0.1) is 6.92 Å². The molecule has 0 aromatic heterocycles. The molecule has 0 fully saturated rings. The monoisotopic (exact) mass is 337 g/mol. The third-order valence-corrected chi connectivity index (χ3v) is 3.61. The molecule has 0 saturated heterocycles. The zero-order valence-corrected chi connectivity index (χ0v) is 12.8. The molecule has 0 aliphatic carbocycles. The van der Waals surface area contributed by atoms with Gasteiger partial charge in [-0.05, 0) is 42.3 Å². The fraction of sp³-hybridized carbons (Fsp3) is 0.133. The third-order valence-electron chi connectivity index (χ3n) is 2.80. The summed E-state index contributed by atoms with van der Waals surface area (Å²) in [4.78, 5) is 12.2. The van der Waals surface area contributed by atoms with E-state index < -0.39 is 0 Å². The number of hydrogen-bond acceptors (Lipinski definition) is 2. The van der Waals surface area contributed by atoms with Crippen LogP contribution in [0.15, 0.2) is 40.9 Å². The van der Waals surface area contributed by atoms with Gasteiger partial charge in [-0.1, -0.05) is 39.7 Å². The maximum atomic E-state index is 12.2. The van der Waals surface area contributed by atoms with E-state index in [2.05, 4.69) is 15.9 Å².